The molecule has 1 heterocycles. The molecule has 3 nitrogen and oxygen atoms in total. The molecule has 2 rings (SSSR count). The largest absolute Gasteiger partial charge is 0.389 e. The molecule has 2 unspecified atom stereocenters. The highest BCUT2D eigenvalue weighted by atomic mass is 35.5. The third kappa shape index (κ3) is 5.46. The van der Waals surface area contributed by atoms with Gasteiger partial charge in [-0.15, -0.1) is 11.8 Å². The van der Waals surface area contributed by atoms with Crippen molar-refractivity contribution in [1.82, 2.24) is 5.32 Å². The molecule has 0 aromatic heterocycles. The van der Waals surface area contributed by atoms with Gasteiger partial charge in [0.25, 0.3) is 0 Å². The minimum atomic E-state index is -0.471. The number of nitrogens with one attached hydrogen (secondary N) is 1. The Bertz CT molecular complexity index is 456. The maximum atomic E-state index is 9.98. The van der Waals surface area contributed by atoms with Gasteiger partial charge in [-0.05, 0) is 41.9 Å². The van der Waals surface area contributed by atoms with Crippen LogP contribution in [-0.2, 0) is 4.74 Å². The second-order valence-corrected chi connectivity index (χ2v) is 7.44. The molecule has 0 fully saturated rings. The molecule has 0 amide bonds. The first-order chi connectivity index (χ1) is 10.1. The number of hydrogen-bond donors (Lipinski definition) is 2. The van der Waals surface area contributed by atoms with E-state index >= 15 is 0 Å². The molecule has 0 aliphatic carbocycles. The Labute approximate surface area is 136 Å². The Morgan fingerprint density at radius 2 is 2.24 bits per heavy atom. The third-order valence-electron chi connectivity index (χ3n) is 3.37. The number of rotatable bonds is 7. The van der Waals surface area contributed by atoms with Crippen LogP contribution in [0, 0.1) is 5.92 Å². The van der Waals surface area contributed by atoms with Crippen LogP contribution in [0.15, 0.2) is 23.1 Å². The summed E-state index contributed by atoms with van der Waals surface area (Å²) in [5.41, 5.74) is 1.24. The van der Waals surface area contributed by atoms with Gasteiger partial charge in [0.15, 0.2) is 0 Å². The quantitative estimate of drug-likeness (QED) is 0.803. The van der Waals surface area contributed by atoms with Gasteiger partial charge in [-0.1, -0.05) is 25.4 Å². The van der Waals surface area contributed by atoms with Crippen molar-refractivity contribution in [3.8, 4) is 0 Å². The lowest BCUT2D eigenvalue weighted by Gasteiger charge is -2.27. The fourth-order valence-corrected chi connectivity index (χ4v) is 3.64. The van der Waals surface area contributed by atoms with Gasteiger partial charge in [-0.3, -0.25) is 0 Å². The summed E-state index contributed by atoms with van der Waals surface area (Å²) in [6.45, 7) is 5.82. The van der Waals surface area contributed by atoms with Gasteiger partial charge < -0.3 is 15.2 Å². The predicted molar refractivity (Wildman–Crippen MR) is 89.2 cm³/mol. The van der Waals surface area contributed by atoms with Gasteiger partial charge in [0, 0.05) is 29.1 Å². The van der Waals surface area contributed by atoms with Crippen molar-refractivity contribution >= 4 is 23.4 Å². The van der Waals surface area contributed by atoms with Crippen LogP contribution in [0.4, 0.5) is 0 Å². The number of thioether (sulfide) groups is 1. The lowest BCUT2D eigenvalue weighted by molar-refractivity contribution is 0.0248. The molecule has 2 atom stereocenters. The first kappa shape index (κ1) is 17.1. The smallest absolute Gasteiger partial charge is 0.0897 e. The predicted octanol–water partition coefficient (Wildman–Crippen LogP) is 3.50. The first-order valence-corrected chi connectivity index (χ1v) is 8.84. The minimum absolute atomic E-state index is 0.264. The van der Waals surface area contributed by atoms with E-state index in [0.29, 0.717) is 25.7 Å². The van der Waals surface area contributed by atoms with Gasteiger partial charge >= 0.3 is 0 Å². The molecule has 21 heavy (non-hydrogen) atoms. The number of benzene rings is 1. The van der Waals surface area contributed by atoms with Crippen LogP contribution in [-0.4, -0.2) is 36.7 Å². The lowest BCUT2D eigenvalue weighted by atomic mass is 10.0. The van der Waals surface area contributed by atoms with Crippen molar-refractivity contribution in [3.05, 3.63) is 28.8 Å². The van der Waals surface area contributed by atoms with Crippen LogP contribution in [0.25, 0.3) is 0 Å². The van der Waals surface area contributed by atoms with Crippen LogP contribution in [0.2, 0.25) is 5.02 Å². The summed E-state index contributed by atoms with van der Waals surface area (Å²) in [6, 6.07) is 6.31. The van der Waals surface area contributed by atoms with E-state index in [-0.39, 0.29) is 6.04 Å². The van der Waals surface area contributed by atoms with Crippen LogP contribution in [0.1, 0.15) is 31.9 Å². The second kappa shape index (κ2) is 8.39. The summed E-state index contributed by atoms with van der Waals surface area (Å²) in [6.07, 6.45) is 0.582. The number of aliphatic hydroxyl groups excluding tert-OH is 1. The van der Waals surface area contributed by atoms with Gasteiger partial charge in [-0.2, -0.15) is 0 Å². The van der Waals surface area contributed by atoms with E-state index < -0.39 is 6.10 Å². The van der Waals surface area contributed by atoms with Crippen molar-refractivity contribution in [2.45, 2.75) is 37.3 Å². The van der Waals surface area contributed by atoms with Crippen LogP contribution >= 0.6 is 23.4 Å². The van der Waals surface area contributed by atoms with E-state index in [1.165, 1.54) is 10.5 Å². The lowest BCUT2D eigenvalue weighted by Crippen LogP contribution is -2.34. The van der Waals surface area contributed by atoms with Crippen molar-refractivity contribution in [3.63, 3.8) is 0 Å². The SMILES string of the molecule is CC(C)COCC(O)CNC1CCSc2ccc(Cl)cc21. The van der Waals surface area contributed by atoms with Gasteiger partial charge in [0.2, 0.25) is 0 Å². The number of hydrogen-bond acceptors (Lipinski definition) is 4. The molecule has 1 aliphatic heterocycles. The summed E-state index contributed by atoms with van der Waals surface area (Å²) < 4.78 is 5.47. The zero-order chi connectivity index (χ0) is 15.2. The Balaban J connectivity index is 1.83. The Kier molecular flexibility index (Phi) is 6.83. The Morgan fingerprint density at radius 1 is 1.43 bits per heavy atom. The molecular formula is C16H24ClNO2S. The average molecular weight is 330 g/mol. The topological polar surface area (TPSA) is 41.5 Å². The molecule has 1 aromatic rings. The van der Waals surface area contributed by atoms with Crippen LogP contribution in [0.5, 0.6) is 0 Å². The van der Waals surface area contributed by atoms with Crippen molar-refractivity contribution < 1.29 is 9.84 Å². The maximum absolute atomic E-state index is 9.98. The van der Waals surface area contributed by atoms with E-state index in [9.17, 15) is 5.11 Å². The van der Waals surface area contributed by atoms with Gasteiger partial charge in [-0.25, -0.2) is 0 Å². The minimum Gasteiger partial charge on any atom is -0.389 e. The van der Waals surface area contributed by atoms with E-state index in [2.05, 4.69) is 25.2 Å². The van der Waals surface area contributed by atoms with Gasteiger partial charge in [0.05, 0.1) is 12.7 Å². The van der Waals surface area contributed by atoms with E-state index in [4.69, 9.17) is 16.3 Å². The molecule has 1 aromatic carbocycles. The molecule has 0 saturated carbocycles. The van der Waals surface area contributed by atoms with Crippen molar-refractivity contribution in [1.29, 1.82) is 0 Å². The normalized spacial score (nSPS) is 19.6. The highest BCUT2D eigenvalue weighted by Crippen LogP contribution is 2.37. The Morgan fingerprint density at radius 3 is 3.00 bits per heavy atom. The van der Waals surface area contributed by atoms with E-state index in [0.717, 1.165) is 17.2 Å². The van der Waals surface area contributed by atoms with E-state index in [1.807, 2.05) is 23.9 Å². The van der Waals surface area contributed by atoms with E-state index in [1.54, 1.807) is 0 Å². The molecule has 0 radical (unpaired) electrons. The standard InChI is InChI=1S/C16H24ClNO2S/c1-11(2)9-20-10-13(19)8-18-15-5-6-21-16-4-3-12(17)7-14(15)16/h3-4,7,11,13,15,18-19H,5-6,8-10H2,1-2H3. The summed E-state index contributed by atoms with van der Waals surface area (Å²) >= 11 is 7.96. The zero-order valence-corrected chi connectivity index (χ0v) is 14.2. The van der Waals surface area contributed by atoms with Crippen LogP contribution in [0.3, 0.4) is 0 Å². The molecule has 0 spiro atoms. The molecule has 118 valence electrons. The summed E-state index contributed by atoms with van der Waals surface area (Å²) in [7, 11) is 0. The highest BCUT2D eigenvalue weighted by molar-refractivity contribution is 7.99. The average Bonchev–Trinajstić information content (AvgIpc) is 2.44. The zero-order valence-electron chi connectivity index (χ0n) is 12.6. The molecule has 0 saturated heterocycles. The fourth-order valence-electron chi connectivity index (χ4n) is 2.35. The number of halogens is 1. The third-order valence-corrected chi connectivity index (χ3v) is 4.73. The highest BCUT2D eigenvalue weighted by Gasteiger charge is 2.21. The monoisotopic (exact) mass is 329 g/mol. The van der Waals surface area contributed by atoms with Gasteiger partial charge in [0.1, 0.15) is 0 Å². The molecular weight excluding hydrogens is 306 g/mol. The second-order valence-electron chi connectivity index (χ2n) is 5.87. The number of ether oxygens (including phenoxy) is 1. The van der Waals surface area contributed by atoms with Crippen LogP contribution < -0.4 is 5.32 Å². The maximum Gasteiger partial charge on any atom is 0.0897 e. The molecule has 5 heteroatoms. The summed E-state index contributed by atoms with van der Waals surface area (Å²) in [5.74, 6) is 1.58. The Hall–Kier alpha value is -0.260. The molecule has 2 N–H and O–H groups in total. The van der Waals surface area contributed by atoms with Crippen molar-refractivity contribution in [2.24, 2.45) is 5.92 Å². The summed E-state index contributed by atoms with van der Waals surface area (Å²) in [4.78, 5) is 1.29. The number of fused-ring (bicyclic) bond motifs is 1. The number of aliphatic hydroxyl groups is 1. The molecule has 1 aliphatic rings. The first-order valence-electron chi connectivity index (χ1n) is 7.47. The summed E-state index contributed by atoms with van der Waals surface area (Å²) in [5, 5.41) is 14.2. The molecule has 0 bridgehead atoms. The van der Waals surface area contributed by atoms with Crippen molar-refractivity contribution in [2.75, 3.05) is 25.5 Å². The fraction of sp³-hybridized carbons (Fsp3) is 0.625.